The standard InChI is InChI=1S/C15H23N3O3.ClH/c1-10-5-6-11(7-13(10)15(20)18(2)3)17-14(19)8-12(9-16)21-4;/h5-7,12H,8-9,16H2,1-4H3,(H,17,19);1H. The number of carbonyl (C=O) groups excluding carboxylic acids is 2. The minimum atomic E-state index is -0.307. The van der Waals surface area contributed by atoms with E-state index in [0.717, 1.165) is 5.56 Å². The van der Waals surface area contributed by atoms with Gasteiger partial charge in [0.1, 0.15) is 0 Å². The van der Waals surface area contributed by atoms with E-state index in [1.807, 2.05) is 13.0 Å². The van der Waals surface area contributed by atoms with Crippen molar-refractivity contribution >= 4 is 29.9 Å². The smallest absolute Gasteiger partial charge is 0.253 e. The number of carbonyl (C=O) groups is 2. The fourth-order valence-electron chi connectivity index (χ4n) is 1.85. The van der Waals surface area contributed by atoms with Crippen molar-refractivity contribution in [2.24, 2.45) is 5.73 Å². The van der Waals surface area contributed by atoms with Crippen LogP contribution in [0.15, 0.2) is 18.2 Å². The molecule has 1 rings (SSSR count). The highest BCUT2D eigenvalue weighted by Gasteiger charge is 2.14. The zero-order valence-corrected chi connectivity index (χ0v) is 14.2. The highest BCUT2D eigenvalue weighted by atomic mass is 35.5. The minimum absolute atomic E-state index is 0. The summed E-state index contributed by atoms with van der Waals surface area (Å²) in [5.41, 5.74) is 7.51. The molecule has 3 N–H and O–H groups in total. The molecule has 0 aliphatic rings. The number of halogens is 1. The van der Waals surface area contributed by atoms with Crippen molar-refractivity contribution < 1.29 is 14.3 Å². The zero-order valence-electron chi connectivity index (χ0n) is 13.4. The number of benzene rings is 1. The van der Waals surface area contributed by atoms with Crippen molar-refractivity contribution in [1.29, 1.82) is 0 Å². The van der Waals surface area contributed by atoms with Crippen LogP contribution in [0.4, 0.5) is 5.69 Å². The molecule has 124 valence electrons. The zero-order chi connectivity index (χ0) is 16.0. The van der Waals surface area contributed by atoms with Crippen molar-refractivity contribution in [1.82, 2.24) is 4.90 Å². The summed E-state index contributed by atoms with van der Waals surface area (Å²) in [7, 11) is 4.90. The first-order valence-corrected chi connectivity index (χ1v) is 6.74. The van der Waals surface area contributed by atoms with Crippen LogP contribution >= 0.6 is 12.4 Å². The number of nitrogens with zero attached hydrogens (tertiary/aromatic N) is 1. The second-order valence-corrected chi connectivity index (χ2v) is 5.07. The molecule has 0 bridgehead atoms. The maximum absolute atomic E-state index is 12.1. The molecule has 2 amide bonds. The Balaban J connectivity index is 0.00000441. The molecule has 1 unspecified atom stereocenters. The first-order chi connectivity index (χ1) is 9.88. The first kappa shape index (κ1) is 20.4. The topological polar surface area (TPSA) is 84.7 Å². The van der Waals surface area contributed by atoms with E-state index >= 15 is 0 Å². The number of ether oxygens (including phenoxy) is 1. The molecule has 22 heavy (non-hydrogen) atoms. The Labute approximate surface area is 137 Å². The van der Waals surface area contributed by atoms with Gasteiger partial charge in [0, 0.05) is 39.0 Å². The molecule has 0 saturated heterocycles. The van der Waals surface area contributed by atoms with Crippen LogP contribution in [0.5, 0.6) is 0 Å². The fourth-order valence-corrected chi connectivity index (χ4v) is 1.85. The number of aryl methyl sites for hydroxylation is 1. The van der Waals surface area contributed by atoms with Gasteiger partial charge in [-0.05, 0) is 24.6 Å². The van der Waals surface area contributed by atoms with Crippen molar-refractivity contribution in [3.8, 4) is 0 Å². The van der Waals surface area contributed by atoms with Gasteiger partial charge in [0.05, 0.1) is 12.5 Å². The highest BCUT2D eigenvalue weighted by molar-refractivity contribution is 5.98. The van der Waals surface area contributed by atoms with Crippen LogP contribution in [0.25, 0.3) is 0 Å². The summed E-state index contributed by atoms with van der Waals surface area (Å²) in [6.07, 6.45) is -0.129. The molecule has 1 aromatic rings. The summed E-state index contributed by atoms with van der Waals surface area (Å²) in [6, 6.07) is 5.26. The van der Waals surface area contributed by atoms with Gasteiger partial charge >= 0.3 is 0 Å². The lowest BCUT2D eigenvalue weighted by molar-refractivity contribution is -0.118. The summed E-state index contributed by atoms with van der Waals surface area (Å²) < 4.78 is 5.07. The molecular weight excluding hydrogens is 306 g/mol. The number of nitrogens with two attached hydrogens (primary N) is 1. The predicted molar refractivity (Wildman–Crippen MR) is 89.5 cm³/mol. The van der Waals surface area contributed by atoms with E-state index in [0.29, 0.717) is 11.3 Å². The van der Waals surface area contributed by atoms with Crippen LogP contribution in [0, 0.1) is 6.92 Å². The molecule has 0 aromatic heterocycles. The third kappa shape index (κ3) is 5.63. The van der Waals surface area contributed by atoms with Crippen molar-refractivity contribution in [2.45, 2.75) is 19.4 Å². The molecule has 7 heteroatoms. The quantitative estimate of drug-likeness (QED) is 0.826. The van der Waals surface area contributed by atoms with Gasteiger partial charge in [-0.15, -0.1) is 12.4 Å². The van der Waals surface area contributed by atoms with Crippen LogP contribution in [0.2, 0.25) is 0 Å². The molecule has 0 heterocycles. The molecule has 1 atom stereocenters. The molecule has 0 aliphatic heterocycles. The van der Waals surface area contributed by atoms with E-state index in [4.69, 9.17) is 10.5 Å². The molecule has 0 aliphatic carbocycles. The van der Waals surface area contributed by atoms with Gasteiger partial charge in [0.15, 0.2) is 0 Å². The van der Waals surface area contributed by atoms with E-state index in [1.54, 1.807) is 26.2 Å². The summed E-state index contributed by atoms with van der Waals surface area (Å²) >= 11 is 0. The SMILES string of the molecule is COC(CN)CC(=O)Nc1ccc(C)c(C(=O)N(C)C)c1.Cl. The van der Waals surface area contributed by atoms with Gasteiger partial charge in [-0.1, -0.05) is 6.07 Å². The minimum Gasteiger partial charge on any atom is -0.380 e. The normalized spacial score (nSPS) is 11.3. The molecule has 1 aromatic carbocycles. The van der Waals surface area contributed by atoms with E-state index in [1.165, 1.54) is 12.0 Å². The first-order valence-electron chi connectivity index (χ1n) is 6.74. The summed E-state index contributed by atoms with van der Waals surface area (Å²) in [5, 5.41) is 2.76. The van der Waals surface area contributed by atoms with Gasteiger partial charge in [-0.2, -0.15) is 0 Å². The average molecular weight is 330 g/mol. The maximum atomic E-state index is 12.1. The molecule has 0 spiro atoms. The number of hydrogen-bond donors (Lipinski definition) is 2. The number of nitrogens with one attached hydrogen (secondary N) is 1. The number of methoxy groups -OCH3 is 1. The highest BCUT2D eigenvalue weighted by Crippen LogP contribution is 2.17. The molecule has 0 radical (unpaired) electrons. The van der Waals surface area contributed by atoms with Crippen LogP contribution < -0.4 is 11.1 Å². The van der Waals surface area contributed by atoms with Gasteiger partial charge in [-0.25, -0.2) is 0 Å². The van der Waals surface area contributed by atoms with Gasteiger partial charge in [0.2, 0.25) is 5.91 Å². The monoisotopic (exact) mass is 329 g/mol. The number of rotatable bonds is 6. The Morgan fingerprint density at radius 2 is 2.00 bits per heavy atom. The fraction of sp³-hybridized carbons (Fsp3) is 0.467. The lowest BCUT2D eigenvalue weighted by Gasteiger charge is -2.15. The van der Waals surface area contributed by atoms with E-state index in [9.17, 15) is 9.59 Å². The molecule has 6 nitrogen and oxygen atoms in total. The van der Waals surface area contributed by atoms with Crippen molar-refractivity contribution in [3.05, 3.63) is 29.3 Å². The molecular formula is C15H24ClN3O3. The summed E-state index contributed by atoms with van der Waals surface area (Å²) in [4.78, 5) is 25.5. The third-order valence-electron chi connectivity index (χ3n) is 3.17. The van der Waals surface area contributed by atoms with E-state index < -0.39 is 0 Å². The Bertz CT molecular complexity index is 517. The average Bonchev–Trinajstić information content (AvgIpc) is 2.45. The second-order valence-electron chi connectivity index (χ2n) is 5.07. The number of amides is 2. The molecule has 0 fully saturated rings. The van der Waals surface area contributed by atoms with Crippen molar-refractivity contribution in [3.63, 3.8) is 0 Å². The molecule has 0 saturated carbocycles. The van der Waals surface area contributed by atoms with Gasteiger partial charge in [-0.3, -0.25) is 9.59 Å². The summed E-state index contributed by atoms with van der Waals surface area (Å²) in [6.45, 7) is 2.14. The third-order valence-corrected chi connectivity index (χ3v) is 3.17. The Morgan fingerprint density at radius 1 is 1.36 bits per heavy atom. The lowest BCUT2D eigenvalue weighted by atomic mass is 10.1. The van der Waals surface area contributed by atoms with Crippen LogP contribution in [-0.2, 0) is 9.53 Å². The Hall–Kier alpha value is -1.63. The predicted octanol–water partition coefficient (Wildman–Crippen LogP) is 1.42. The van der Waals surface area contributed by atoms with Crippen LogP contribution in [0.1, 0.15) is 22.3 Å². The maximum Gasteiger partial charge on any atom is 0.253 e. The second kappa shape index (κ2) is 9.40. The van der Waals surface area contributed by atoms with Crippen molar-refractivity contribution in [2.75, 3.05) is 33.1 Å². The Kier molecular flexibility index (Phi) is 8.70. The number of anilines is 1. The van der Waals surface area contributed by atoms with Crippen LogP contribution in [0.3, 0.4) is 0 Å². The number of hydrogen-bond acceptors (Lipinski definition) is 4. The Morgan fingerprint density at radius 3 is 2.50 bits per heavy atom. The van der Waals surface area contributed by atoms with Gasteiger partial charge in [0.25, 0.3) is 5.91 Å². The van der Waals surface area contributed by atoms with Crippen LogP contribution in [-0.4, -0.2) is 50.6 Å². The lowest BCUT2D eigenvalue weighted by Crippen LogP contribution is -2.28. The largest absolute Gasteiger partial charge is 0.380 e. The van der Waals surface area contributed by atoms with E-state index in [2.05, 4.69) is 5.32 Å². The van der Waals surface area contributed by atoms with Gasteiger partial charge < -0.3 is 20.7 Å². The summed E-state index contributed by atoms with van der Waals surface area (Å²) in [5.74, 6) is -0.292. The van der Waals surface area contributed by atoms with E-state index in [-0.39, 0.29) is 43.3 Å².